The number of ether oxygens (including phenoxy) is 2. The van der Waals surface area contributed by atoms with Crippen molar-refractivity contribution in [3.05, 3.63) is 95.3 Å². The fourth-order valence-electron chi connectivity index (χ4n) is 4.50. The zero-order valence-electron chi connectivity index (χ0n) is 19.3. The van der Waals surface area contributed by atoms with Gasteiger partial charge in [0.25, 0.3) is 0 Å². The Hall–Kier alpha value is -2.89. The van der Waals surface area contributed by atoms with Gasteiger partial charge in [0.05, 0.1) is 7.11 Å². The van der Waals surface area contributed by atoms with E-state index in [9.17, 15) is 4.39 Å². The van der Waals surface area contributed by atoms with E-state index < -0.39 is 0 Å². The number of methoxy groups -OCH3 is 1. The summed E-state index contributed by atoms with van der Waals surface area (Å²) >= 11 is 0. The average molecular weight is 449 g/mol. The van der Waals surface area contributed by atoms with E-state index in [0.29, 0.717) is 18.7 Å². The quantitative estimate of drug-likeness (QED) is 0.457. The van der Waals surface area contributed by atoms with Crippen LogP contribution in [0, 0.1) is 5.82 Å². The molecule has 0 atom stereocenters. The Morgan fingerprint density at radius 2 is 1.48 bits per heavy atom. The van der Waals surface area contributed by atoms with E-state index >= 15 is 0 Å². The highest BCUT2D eigenvalue weighted by Gasteiger charge is 2.25. The van der Waals surface area contributed by atoms with Gasteiger partial charge in [0.15, 0.2) is 11.5 Å². The van der Waals surface area contributed by atoms with Crippen molar-refractivity contribution in [2.24, 2.45) is 5.73 Å². The lowest BCUT2D eigenvalue weighted by Crippen LogP contribution is -2.40. The molecule has 3 aromatic rings. The minimum absolute atomic E-state index is 0.204. The van der Waals surface area contributed by atoms with E-state index in [0.717, 1.165) is 67.0 Å². The third-order valence-corrected chi connectivity index (χ3v) is 6.41. The minimum Gasteiger partial charge on any atom is -0.493 e. The van der Waals surface area contributed by atoms with E-state index in [1.54, 1.807) is 7.11 Å². The summed E-state index contributed by atoms with van der Waals surface area (Å²) in [4.78, 5) is 2.48. The van der Waals surface area contributed by atoms with Crippen molar-refractivity contribution in [3.8, 4) is 11.5 Å². The lowest BCUT2D eigenvalue weighted by atomic mass is 9.90. The van der Waals surface area contributed by atoms with Crippen LogP contribution < -0.4 is 15.2 Å². The fraction of sp³-hybridized carbons (Fsp3) is 0.357. The van der Waals surface area contributed by atoms with E-state index in [-0.39, 0.29) is 5.82 Å². The topological polar surface area (TPSA) is 47.7 Å². The molecule has 1 saturated carbocycles. The predicted molar refractivity (Wildman–Crippen MR) is 130 cm³/mol. The Balaban J connectivity index is 1.48. The largest absolute Gasteiger partial charge is 0.493 e. The first-order chi connectivity index (χ1) is 16.1. The van der Waals surface area contributed by atoms with Crippen molar-refractivity contribution in [2.75, 3.05) is 7.11 Å². The van der Waals surface area contributed by atoms with E-state index in [1.165, 1.54) is 12.1 Å². The molecule has 0 amide bonds. The first-order valence-corrected chi connectivity index (χ1v) is 11.7. The lowest BCUT2D eigenvalue weighted by Gasteiger charge is -2.36. The first-order valence-electron chi connectivity index (χ1n) is 11.7. The Labute approximate surface area is 196 Å². The summed E-state index contributed by atoms with van der Waals surface area (Å²) in [5.74, 6) is 1.26. The highest BCUT2D eigenvalue weighted by atomic mass is 19.1. The molecular formula is C28H33FN2O2. The first kappa shape index (κ1) is 23.3. The molecular weight excluding hydrogens is 415 g/mol. The molecule has 5 heteroatoms. The van der Waals surface area contributed by atoms with Crippen LogP contribution in [0.5, 0.6) is 11.5 Å². The molecule has 1 aliphatic rings. The molecule has 0 saturated heterocycles. The van der Waals surface area contributed by atoms with Gasteiger partial charge in [-0.05, 0) is 66.6 Å². The van der Waals surface area contributed by atoms with Crippen molar-refractivity contribution in [2.45, 2.75) is 57.5 Å². The summed E-state index contributed by atoms with van der Waals surface area (Å²) in [5.41, 5.74) is 9.54. The zero-order chi connectivity index (χ0) is 23.0. The van der Waals surface area contributed by atoms with Crippen molar-refractivity contribution in [1.29, 1.82) is 0 Å². The van der Waals surface area contributed by atoms with Crippen molar-refractivity contribution in [1.82, 2.24) is 4.90 Å². The molecule has 4 nitrogen and oxygen atoms in total. The van der Waals surface area contributed by atoms with Crippen LogP contribution in [-0.2, 0) is 19.7 Å². The highest BCUT2D eigenvalue weighted by Crippen LogP contribution is 2.31. The van der Waals surface area contributed by atoms with Crippen molar-refractivity contribution >= 4 is 0 Å². The van der Waals surface area contributed by atoms with Crippen LogP contribution in [-0.4, -0.2) is 24.1 Å². The number of halogens is 1. The van der Waals surface area contributed by atoms with Crippen LogP contribution in [0.3, 0.4) is 0 Å². The molecule has 174 valence electrons. The van der Waals surface area contributed by atoms with Crippen LogP contribution in [0.1, 0.15) is 42.4 Å². The molecule has 3 aromatic carbocycles. The summed E-state index contributed by atoms with van der Waals surface area (Å²) < 4.78 is 25.1. The maximum Gasteiger partial charge on any atom is 0.161 e. The predicted octanol–water partition coefficient (Wildman–Crippen LogP) is 5.69. The number of hydrogen-bond acceptors (Lipinski definition) is 4. The maximum atomic E-state index is 13.4. The Kier molecular flexibility index (Phi) is 7.97. The van der Waals surface area contributed by atoms with Crippen LogP contribution in [0.4, 0.5) is 4.39 Å². The molecule has 1 aliphatic carbocycles. The molecule has 1 fully saturated rings. The van der Waals surface area contributed by atoms with Gasteiger partial charge >= 0.3 is 0 Å². The van der Waals surface area contributed by atoms with E-state index in [4.69, 9.17) is 15.2 Å². The van der Waals surface area contributed by atoms with E-state index in [2.05, 4.69) is 17.0 Å². The number of hydrogen-bond donors (Lipinski definition) is 1. The highest BCUT2D eigenvalue weighted by molar-refractivity contribution is 5.43. The Morgan fingerprint density at radius 3 is 2.18 bits per heavy atom. The summed E-state index contributed by atoms with van der Waals surface area (Å²) in [6.07, 6.45) is 4.25. The second kappa shape index (κ2) is 11.3. The lowest BCUT2D eigenvalue weighted by molar-refractivity contribution is 0.134. The van der Waals surface area contributed by atoms with Gasteiger partial charge in [-0.15, -0.1) is 0 Å². The minimum atomic E-state index is -0.204. The van der Waals surface area contributed by atoms with E-state index in [1.807, 2.05) is 48.5 Å². The fourth-order valence-corrected chi connectivity index (χ4v) is 4.50. The summed E-state index contributed by atoms with van der Waals surface area (Å²) in [6, 6.07) is 23.8. The molecule has 0 aromatic heterocycles. The molecule has 0 spiro atoms. The molecule has 0 unspecified atom stereocenters. The molecule has 0 heterocycles. The SMILES string of the molecule is COc1cc(CN(Cc2ccc(F)cc2)C2CCC(N)CC2)ccc1OCc1ccccc1. The molecule has 0 bridgehead atoms. The molecule has 0 aliphatic heterocycles. The Bertz CT molecular complexity index is 1000. The smallest absolute Gasteiger partial charge is 0.161 e. The van der Waals surface area contributed by atoms with Gasteiger partial charge in [-0.2, -0.15) is 0 Å². The second-order valence-corrected chi connectivity index (χ2v) is 8.86. The number of rotatable bonds is 9. The molecule has 33 heavy (non-hydrogen) atoms. The Morgan fingerprint density at radius 1 is 0.818 bits per heavy atom. The van der Waals surface area contributed by atoms with Gasteiger partial charge in [-0.3, -0.25) is 4.90 Å². The van der Waals surface area contributed by atoms with Gasteiger partial charge < -0.3 is 15.2 Å². The van der Waals surface area contributed by atoms with Gasteiger partial charge in [0.2, 0.25) is 0 Å². The molecule has 2 N–H and O–H groups in total. The third kappa shape index (κ3) is 6.56. The number of benzene rings is 3. The van der Waals surface area contributed by atoms with Crippen molar-refractivity contribution < 1.29 is 13.9 Å². The normalized spacial score (nSPS) is 18.3. The molecule has 4 rings (SSSR count). The third-order valence-electron chi connectivity index (χ3n) is 6.41. The van der Waals surface area contributed by atoms with Gasteiger partial charge in [0.1, 0.15) is 12.4 Å². The van der Waals surface area contributed by atoms with Gasteiger partial charge in [-0.25, -0.2) is 4.39 Å². The van der Waals surface area contributed by atoms with Crippen LogP contribution >= 0.6 is 0 Å². The zero-order valence-corrected chi connectivity index (χ0v) is 19.3. The second-order valence-electron chi connectivity index (χ2n) is 8.86. The maximum absolute atomic E-state index is 13.4. The number of nitrogens with two attached hydrogens (primary N) is 1. The number of nitrogens with zero attached hydrogens (tertiary/aromatic N) is 1. The van der Waals surface area contributed by atoms with Crippen LogP contribution in [0.25, 0.3) is 0 Å². The molecule has 0 radical (unpaired) electrons. The average Bonchev–Trinajstić information content (AvgIpc) is 2.85. The van der Waals surface area contributed by atoms with Crippen LogP contribution in [0.2, 0.25) is 0 Å². The van der Waals surface area contributed by atoms with Crippen molar-refractivity contribution in [3.63, 3.8) is 0 Å². The van der Waals surface area contributed by atoms with Crippen LogP contribution in [0.15, 0.2) is 72.8 Å². The van der Waals surface area contributed by atoms with Gasteiger partial charge in [-0.1, -0.05) is 48.5 Å². The van der Waals surface area contributed by atoms with Gasteiger partial charge in [0, 0.05) is 25.2 Å². The summed E-state index contributed by atoms with van der Waals surface area (Å²) in [7, 11) is 1.67. The summed E-state index contributed by atoms with van der Waals surface area (Å²) in [5, 5.41) is 0. The standard InChI is InChI=1S/C28H33FN2O2/c1-32-28-17-23(9-16-27(28)33-20-22-5-3-2-4-6-22)19-31(26-14-12-25(30)13-15-26)18-21-7-10-24(29)11-8-21/h2-11,16-17,25-26H,12-15,18-20,30H2,1H3. The monoisotopic (exact) mass is 448 g/mol. The summed E-state index contributed by atoms with van der Waals surface area (Å²) in [6.45, 7) is 2.05.